The highest BCUT2D eigenvalue weighted by Gasteiger charge is 2.34. The number of hydrogen-bond donors (Lipinski definition) is 0. The summed E-state index contributed by atoms with van der Waals surface area (Å²) in [7, 11) is 0. The van der Waals surface area contributed by atoms with Gasteiger partial charge in [0.1, 0.15) is 28.1 Å². The SMILES string of the molecule is CC(C)(C)OC(=O)N(C(=O)OC(C)(C)C)c1csc2ccc(Cn3c4cc(F)c5ccoc5c4c4c5cccnc5oc(=O)c43)cc12. The first kappa shape index (κ1) is 30.4. The first-order valence-corrected chi connectivity index (χ1v) is 15.7. The van der Waals surface area contributed by atoms with Crippen molar-refractivity contribution in [2.75, 3.05) is 4.90 Å². The van der Waals surface area contributed by atoms with Gasteiger partial charge in [-0.2, -0.15) is 4.90 Å². The Morgan fingerprint density at radius 3 is 2.38 bits per heavy atom. The van der Waals surface area contributed by atoms with Crippen LogP contribution >= 0.6 is 11.3 Å². The number of ether oxygens (including phenoxy) is 2. The van der Waals surface area contributed by atoms with Crippen molar-refractivity contribution in [3.8, 4) is 0 Å². The van der Waals surface area contributed by atoms with Crippen molar-refractivity contribution in [1.82, 2.24) is 9.55 Å². The van der Waals surface area contributed by atoms with E-state index in [0.29, 0.717) is 38.2 Å². The van der Waals surface area contributed by atoms with Gasteiger partial charge in [-0.1, -0.05) is 6.07 Å². The maximum Gasteiger partial charge on any atom is 0.424 e. The molecule has 0 fully saturated rings. The lowest BCUT2D eigenvalue weighted by Crippen LogP contribution is -2.43. The summed E-state index contributed by atoms with van der Waals surface area (Å²) in [5.74, 6) is -0.502. The fourth-order valence-corrected chi connectivity index (χ4v) is 6.65. The van der Waals surface area contributed by atoms with Gasteiger partial charge in [0, 0.05) is 39.0 Å². The number of hydrogen-bond acceptors (Lipinski definition) is 9. The first-order chi connectivity index (χ1) is 22.2. The molecule has 47 heavy (non-hydrogen) atoms. The molecule has 2 aromatic carbocycles. The number of thiophene rings is 1. The van der Waals surface area contributed by atoms with Crippen LogP contribution in [0.25, 0.3) is 54.0 Å². The lowest BCUT2D eigenvalue weighted by molar-refractivity contribution is 0.0431. The maximum absolute atomic E-state index is 15.4. The molecule has 7 aromatic rings. The van der Waals surface area contributed by atoms with Gasteiger partial charge in [-0.05, 0) is 83.5 Å². The Labute approximate surface area is 270 Å². The van der Waals surface area contributed by atoms with Crippen molar-refractivity contribution >= 4 is 83.2 Å². The summed E-state index contributed by atoms with van der Waals surface area (Å²) < 4.78 is 40.5. The zero-order chi connectivity index (χ0) is 33.4. The number of nitrogens with zero attached hydrogens (tertiary/aromatic N) is 3. The molecule has 7 rings (SSSR count). The molecule has 240 valence electrons. The second-order valence-corrected chi connectivity index (χ2v) is 14.1. The molecule has 0 unspecified atom stereocenters. The van der Waals surface area contributed by atoms with E-state index in [9.17, 15) is 14.4 Å². The van der Waals surface area contributed by atoms with Crippen LogP contribution in [0.15, 0.2) is 73.9 Å². The van der Waals surface area contributed by atoms with Crippen LogP contribution < -0.4 is 10.5 Å². The Morgan fingerprint density at radius 1 is 0.957 bits per heavy atom. The molecule has 2 amide bonds. The molecular formula is C35H30FN3O7S. The minimum absolute atomic E-state index is 0.117. The molecule has 0 radical (unpaired) electrons. The van der Waals surface area contributed by atoms with Gasteiger partial charge in [0.15, 0.2) is 0 Å². The molecule has 0 aliphatic carbocycles. The Bertz CT molecular complexity index is 2430. The summed E-state index contributed by atoms with van der Waals surface area (Å²) in [4.78, 5) is 45.6. The third-order valence-electron chi connectivity index (χ3n) is 7.49. The Balaban J connectivity index is 1.43. The number of furan rings is 1. The molecule has 0 aliphatic rings. The number of pyridine rings is 1. The summed E-state index contributed by atoms with van der Waals surface area (Å²) >= 11 is 1.35. The standard InChI is InChI=1S/C35H30FN3O7S/c1-34(2,3)45-32(41)39(33(42)46-35(4,5)6)24-17-47-25-10-9-18(14-21(24)25)16-38-23-15-22(36)19-11-13-43-29(19)27(23)26-20-8-7-12-37-30(20)44-31(40)28(26)38/h7-15,17H,16H2,1-6H3. The number of anilines is 1. The fraction of sp³-hybridized carbons (Fsp3) is 0.257. The number of carbonyl (C=O) groups is 2. The molecule has 0 N–H and O–H groups in total. The Morgan fingerprint density at radius 2 is 1.68 bits per heavy atom. The number of halogens is 1. The van der Waals surface area contributed by atoms with E-state index in [4.69, 9.17) is 18.3 Å². The minimum Gasteiger partial charge on any atom is -0.463 e. The molecule has 0 saturated heterocycles. The van der Waals surface area contributed by atoms with E-state index in [-0.39, 0.29) is 28.8 Å². The summed E-state index contributed by atoms with van der Waals surface area (Å²) in [5.41, 5.74) is -0.284. The van der Waals surface area contributed by atoms with Crippen LogP contribution in [0.3, 0.4) is 0 Å². The average molecular weight is 656 g/mol. The number of aromatic nitrogens is 2. The topological polar surface area (TPSA) is 117 Å². The van der Waals surface area contributed by atoms with E-state index in [0.717, 1.165) is 9.60 Å². The van der Waals surface area contributed by atoms with Crippen LogP contribution in [0, 0.1) is 5.82 Å². The second-order valence-electron chi connectivity index (χ2n) is 13.2. The van der Waals surface area contributed by atoms with Gasteiger partial charge in [-0.15, -0.1) is 11.3 Å². The third kappa shape index (κ3) is 5.28. The Hall–Kier alpha value is -5.23. The quantitative estimate of drug-likeness (QED) is 0.185. The molecule has 10 nitrogen and oxygen atoms in total. The monoisotopic (exact) mass is 655 g/mol. The predicted molar refractivity (Wildman–Crippen MR) is 179 cm³/mol. The van der Waals surface area contributed by atoms with Crippen LogP contribution in [0.2, 0.25) is 0 Å². The van der Waals surface area contributed by atoms with Crippen molar-refractivity contribution in [2.45, 2.75) is 59.3 Å². The van der Waals surface area contributed by atoms with Gasteiger partial charge < -0.3 is 22.9 Å². The van der Waals surface area contributed by atoms with Crippen molar-refractivity contribution in [3.63, 3.8) is 0 Å². The van der Waals surface area contributed by atoms with E-state index in [2.05, 4.69) is 4.98 Å². The number of benzene rings is 2. The lowest BCUT2D eigenvalue weighted by Gasteiger charge is -2.28. The highest BCUT2D eigenvalue weighted by molar-refractivity contribution is 7.17. The van der Waals surface area contributed by atoms with Crippen molar-refractivity contribution in [1.29, 1.82) is 0 Å². The van der Waals surface area contributed by atoms with Crippen molar-refractivity contribution in [3.05, 3.63) is 82.1 Å². The number of imide groups is 1. The van der Waals surface area contributed by atoms with Crippen molar-refractivity contribution < 1.29 is 32.3 Å². The highest BCUT2D eigenvalue weighted by atomic mass is 32.1. The van der Waals surface area contributed by atoms with Gasteiger partial charge >= 0.3 is 17.8 Å². The molecule has 0 spiro atoms. The zero-order valence-electron chi connectivity index (χ0n) is 26.5. The first-order valence-electron chi connectivity index (χ1n) is 14.9. The molecule has 0 atom stereocenters. The second kappa shape index (κ2) is 10.7. The van der Waals surface area contributed by atoms with E-state index < -0.39 is 34.8 Å². The van der Waals surface area contributed by atoms with E-state index in [1.807, 2.05) is 18.2 Å². The third-order valence-corrected chi connectivity index (χ3v) is 8.44. The van der Waals surface area contributed by atoms with Crippen molar-refractivity contribution in [2.24, 2.45) is 0 Å². The maximum atomic E-state index is 15.4. The van der Waals surface area contributed by atoms with E-state index in [1.165, 1.54) is 29.9 Å². The van der Waals surface area contributed by atoms with Gasteiger partial charge in [0.25, 0.3) is 0 Å². The largest absolute Gasteiger partial charge is 0.463 e. The number of fused-ring (bicyclic) bond motifs is 8. The normalized spacial score (nSPS) is 12.5. The van der Waals surface area contributed by atoms with Crippen LogP contribution in [0.4, 0.5) is 19.7 Å². The van der Waals surface area contributed by atoms with Crippen LogP contribution in [-0.2, 0) is 16.0 Å². The molecular weight excluding hydrogens is 625 g/mol. The highest BCUT2D eigenvalue weighted by Crippen LogP contribution is 2.40. The van der Waals surface area contributed by atoms with E-state index in [1.54, 1.807) is 69.7 Å². The van der Waals surface area contributed by atoms with Gasteiger partial charge in [-0.3, -0.25) is 0 Å². The van der Waals surface area contributed by atoms with Crippen LogP contribution in [-0.4, -0.2) is 32.9 Å². The number of carbonyl (C=O) groups excluding carboxylic acids is 2. The number of rotatable bonds is 3. The summed E-state index contributed by atoms with van der Waals surface area (Å²) in [6.07, 6.45) is 1.19. The summed E-state index contributed by atoms with van der Waals surface area (Å²) in [5, 5.41) is 4.25. The van der Waals surface area contributed by atoms with Crippen LogP contribution in [0.5, 0.6) is 0 Å². The Kier molecular flexibility index (Phi) is 6.90. The number of amides is 2. The minimum atomic E-state index is -0.879. The molecule has 0 saturated carbocycles. The molecule has 5 aromatic heterocycles. The van der Waals surface area contributed by atoms with E-state index >= 15 is 4.39 Å². The predicted octanol–water partition coefficient (Wildman–Crippen LogP) is 9.12. The molecule has 5 heterocycles. The van der Waals surface area contributed by atoms with Gasteiger partial charge in [0.2, 0.25) is 5.71 Å². The zero-order valence-corrected chi connectivity index (χ0v) is 27.3. The lowest BCUT2D eigenvalue weighted by atomic mass is 10.1. The summed E-state index contributed by atoms with van der Waals surface area (Å²) in [6.45, 7) is 10.4. The molecule has 0 bridgehead atoms. The summed E-state index contributed by atoms with van der Waals surface area (Å²) in [6, 6.07) is 12.0. The van der Waals surface area contributed by atoms with Gasteiger partial charge in [0.05, 0.1) is 28.2 Å². The molecule has 0 aliphatic heterocycles. The smallest absolute Gasteiger partial charge is 0.424 e. The molecule has 12 heteroatoms. The van der Waals surface area contributed by atoms with Crippen LogP contribution in [0.1, 0.15) is 47.1 Å². The fourth-order valence-electron chi connectivity index (χ4n) is 5.75. The average Bonchev–Trinajstić information content (AvgIpc) is 3.69. The van der Waals surface area contributed by atoms with Gasteiger partial charge in [-0.25, -0.2) is 23.8 Å².